The quantitative estimate of drug-likeness (QED) is 0.803. The second-order valence-electron chi connectivity index (χ2n) is 5.85. The lowest BCUT2D eigenvalue weighted by atomic mass is 10.1. The second kappa shape index (κ2) is 7.77. The molecule has 0 spiro atoms. The summed E-state index contributed by atoms with van der Waals surface area (Å²) in [4.78, 5) is 2.55. The van der Waals surface area contributed by atoms with E-state index in [9.17, 15) is 0 Å². The normalized spacial score (nSPS) is 22.9. The van der Waals surface area contributed by atoms with Gasteiger partial charge in [-0.1, -0.05) is 37.3 Å². The van der Waals surface area contributed by atoms with Crippen LogP contribution in [0.15, 0.2) is 30.3 Å². The lowest BCUT2D eigenvalue weighted by Gasteiger charge is -2.26. The molecule has 0 aliphatic carbocycles. The number of nitrogens with one attached hydrogen (secondary N) is 1. The van der Waals surface area contributed by atoms with Gasteiger partial charge in [0.2, 0.25) is 0 Å². The van der Waals surface area contributed by atoms with Crippen molar-refractivity contribution in [3.63, 3.8) is 0 Å². The molecule has 1 saturated heterocycles. The van der Waals surface area contributed by atoms with Gasteiger partial charge in [0.25, 0.3) is 0 Å². The Hall–Kier alpha value is -0.900. The number of hydrogen-bond donors (Lipinski definition) is 2. The molecule has 1 aromatic carbocycles. The van der Waals surface area contributed by atoms with Gasteiger partial charge < -0.3 is 10.4 Å². The van der Waals surface area contributed by atoms with Gasteiger partial charge in [0, 0.05) is 37.8 Å². The van der Waals surface area contributed by atoms with Crippen LogP contribution in [-0.4, -0.2) is 41.8 Å². The molecule has 0 saturated carbocycles. The maximum absolute atomic E-state index is 9.08. The predicted molar refractivity (Wildman–Crippen MR) is 83.8 cm³/mol. The van der Waals surface area contributed by atoms with Gasteiger partial charge in [-0.2, -0.15) is 0 Å². The van der Waals surface area contributed by atoms with Crippen LogP contribution in [0.4, 0.5) is 0 Å². The van der Waals surface area contributed by atoms with Crippen molar-refractivity contribution in [3.05, 3.63) is 35.9 Å². The maximum Gasteiger partial charge on any atom is 0.0445 e. The number of likely N-dealkylation sites (tertiary alicyclic amines) is 1. The first-order valence-corrected chi connectivity index (χ1v) is 7.90. The minimum absolute atomic E-state index is 0.280. The van der Waals surface area contributed by atoms with Crippen molar-refractivity contribution in [3.8, 4) is 0 Å². The molecule has 3 unspecified atom stereocenters. The summed E-state index contributed by atoms with van der Waals surface area (Å²) in [6.07, 6.45) is 3.16. The Balaban J connectivity index is 1.85. The SMILES string of the molecule is CCC(CCO)NC1CCN(C(C)c2ccccc2)C1. The van der Waals surface area contributed by atoms with Crippen LogP contribution in [0.25, 0.3) is 0 Å². The molecule has 1 aliphatic heterocycles. The van der Waals surface area contributed by atoms with E-state index in [0.717, 1.165) is 25.9 Å². The Morgan fingerprint density at radius 3 is 2.75 bits per heavy atom. The van der Waals surface area contributed by atoms with Crippen LogP contribution in [0, 0.1) is 0 Å². The Morgan fingerprint density at radius 1 is 1.35 bits per heavy atom. The molecule has 2 N–H and O–H groups in total. The molecule has 0 amide bonds. The Morgan fingerprint density at radius 2 is 2.10 bits per heavy atom. The van der Waals surface area contributed by atoms with Gasteiger partial charge in [-0.15, -0.1) is 0 Å². The fourth-order valence-corrected chi connectivity index (χ4v) is 3.11. The van der Waals surface area contributed by atoms with E-state index < -0.39 is 0 Å². The third-order valence-corrected chi connectivity index (χ3v) is 4.49. The van der Waals surface area contributed by atoms with E-state index in [1.54, 1.807) is 0 Å². The summed E-state index contributed by atoms with van der Waals surface area (Å²) < 4.78 is 0. The van der Waals surface area contributed by atoms with Crippen LogP contribution < -0.4 is 5.32 Å². The highest BCUT2D eigenvalue weighted by Gasteiger charge is 2.27. The summed E-state index contributed by atoms with van der Waals surface area (Å²) in [6.45, 7) is 7.03. The zero-order valence-electron chi connectivity index (χ0n) is 12.8. The van der Waals surface area contributed by atoms with Gasteiger partial charge >= 0.3 is 0 Å². The molecule has 0 bridgehead atoms. The third-order valence-electron chi connectivity index (χ3n) is 4.49. The molecule has 112 valence electrons. The van der Waals surface area contributed by atoms with Crippen molar-refractivity contribution in [2.24, 2.45) is 0 Å². The molecule has 3 heteroatoms. The van der Waals surface area contributed by atoms with Crippen LogP contribution in [0.1, 0.15) is 44.7 Å². The van der Waals surface area contributed by atoms with E-state index >= 15 is 0 Å². The second-order valence-corrected chi connectivity index (χ2v) is 5.85. The maximum atomic E-state index is 9.08. The van der Waals surface area contributed by atoms with E-state index in [-0.39, 0.29) is 6.61 Å². The van der Waals surface area contributed by atoms with E-state index in [4.69, 9.17) is 5.11 Å². The van der Waals surface area contributed by atoms with E-state index in [1.165, 1.54) is 12.0 Å². The van der Waals surface area contributed by atoms with E-state index in [1.807, 2.05) is 0 Å². The number of aliphatic hydroxyl groups is 1. The first kappa shape index (κ1) is 15.5. The predicted octanol–water partition coefficient (Wildman–Crippen LogP) is 2.57. The molecule has 0 aromatic heterocycles. The molecule has 2 rings (SSSR count). The summed E-state index contributed by atoms with van der Waals surface area (Å²) in [6, 6.07) is 12.2. The van der Waals surface area contributed by atoms with Crippen molar-refractivity contribution in [2.75, 3.05) is 19.7 Å². The minimum atomic E-state index is 0.280. The van der Waals surface area contributed by atoms with Gasteiger partial charge in [-0.25, -0.2) is 0 Å². The van der Waals surface area contributed by atoms with E-state index in [0.29, 0.717) is 18.1 Å². The summed E-state index contributed by atoms with van der Waals surface area (Å²) in [5.41, 5.74) is 1.40. The summed E-state index contributed by atoms with van der Waals surface area (Å²) in [7, 11) is 0. The van der Waals surface area contributed by atoms with Crippen molar-refractivity contribution in [1.82, 2.24) is 10.2 Å². The molecule has 3 atom stereocenters. The highest BCUT2D eigenvalue weighted by Crippen LogP contribution is 2.24. The fraction of sp³-hybridized carbons (Fsp3) is 0.647. The van der Waals surface area contributed by atoms with E-state index in [2.05, 4.69) is 54.4 Å². The highest BCUT2D eigenvalue weighted by atomic mass is 16.3. The Kier molecular flexibility index (Phi) is 6.02. The van der Waals surface area contributed by atoms with Crippen LogP contribution in [0.5, 0.6) is 0 Å². The molecular weight excluding hydrogens is 248 g/mol. The average molecular weight is 276 g/mol. The van der Waals surface area contributed by atoms with Crippen molar-refractivity contribution in [2.45, 2.75) is 51.2 Å². The molecule has 1 heterocycles. The minimum Gasteiger partial charge on any atom is -0.396 e. The molecule has 0 radical (unpaired) electrons. The topological polar surface area (TPSA) is 35.5 Å². The highest BCUT2D eigenvalue weighted by molar-refractivity contribution is 5.18. The smallest absolute Gasteiger partial charge is 0.0445 e. The molecule has 3 nitrogen and oxygen atoms in total. The van der Waals surface area contributed by atoms with Gasteiger partial charge in [0.15, 0.2) is 0 Å². The standard InChI is InChI=1S/C17H28N2O/c1-3-16(10-12-20)18-17-9-11-19(13-17)14(2)15-7-5-4-6-8-15/h4-8,14,16-18,20H,3,9-13H2,1-2H3. The molecule has 20 heavy (non-hydrogen) atoms. The number of rotatable bonds is 7. The number of aliphatic hydroxyl groups excluding tert-OH is 1. The van der Waals surface area contributed by atoms with Gasteiger partial charge in [0.05, 0.1) is 0 Å². The molecular formula is C17H28N2O. The van der Waals surface area contributed by atoms with Gasteiger partial charge in [-0.3, -0.25) is 4.90 Å². The van der Waals surface area contributed by atoms with Crippen LogP contribution in [0.2, 0.25) is 0 Å². The Bertz CT molecular complexity index is 382. The number of benzene rings is 1. The first-order chi connectivity index (χ1) is 9.74. The summed E-state index contributed by atoms with van der Waals surface area (Å²) in [5, 5.41) is 12.8. The largest absolute Gasteiger partial charge is 0.396 e. The van der Waals surface area contributed by atoms with Crippen LogP contribution in [0.3, 0.4) is 0 Å². The molecule has 1 fully saturated rings. The zero-order valence-corrected chi connectivity index (χ0v) is 12.8. The number of nitrogens with zero attached hydrogens (tertiary/aromatic N) is 1. The monoisotopic (exact) mass is 276 g/mol. The molecule has 1 aliphatic rings. The summed E-state index contributed by atoms with van der Waals surface area (Å²) in [5.74, 6) is 0. The van der Waals surface area contributed by atoms with Crippen molar-refractivity contribution in [1.29, 1.82) is 0 Å². The number of hydrogen-bond acceptors (Lipinski definition) is 3. The fourth-order valence-electron chi connectivity index (χ4n) is 3.11. The summed E-state index contributed by atoms with van der Waals surface area (Å²) >= 11 is 0. The Labute approximate surface area is 123 Å². The lowest BCUT2D eigenvalue weighted by molar-refractivity contribution is 0.239. The molecule has 1 aromatic rings. The van der Waals surface area contributed by atoms with Crippen LogP contribution in [-0.2, 0) is 0 Å². The van der Waals surface area contributed by atoms with Gasteiger partial charge in [-0.05, 0) is 31.7 Å². The van der Waals surface area contributed by atoms with Gasteiger partial charge in [0.1, 0.15) is 0 Å². The lowest BCUT2D eigenvalue weighted by Crippen LogP contribution is -2.40. The van der Waals surface area contributed by atoms with Crippen molar-refractivity contribution < 1.29 is 5.11 Å². The average Bonchev–Trinajstić information content (AvgIpc) is 2.95. The van der Waals surface area contributed by atoms with Crippen molar-refractivity contribution >= 4 is 0 Å². The zero-order chi connectivity index (χ0) is 14.4. The third kappa shape index (κ3) is 4.05. The first-order valence-electron chi connectivity index (χ1n) is 7.90. The van der Waals surface area contributed by atoms with Crippen LogP contribution >= 0.6 is 0 Å².